The highest BCUT2D eigenvalue weighted by Crippen LogP contribution is 2.29. The van der Waals surface area contributed by atoms with E-state index in [0.29, 0.717) is 4.47 Å². The summed E-state index contributed by atoms with van der Waals surface area (Å²) in [5, 5.41) is 3.41. The first-order valence-corrected chi connectivity index (χ1v) is 7.36. The second kappa shape index (κ2) is 5.91. The number of hydrogen-bond donors (Lipinski definition) is 1. The van der Waals surface area contributed by atoms with Gasteiger partial charge in [0.2, 0.25) is 0 Å². The lowest BCUT2D eigenvalue weighted by atomic mass is 10.2. The van der Waals surface area contributed by atoms with Crippen LogP contribution >= 0.6 is 38.9 Å². The highest BCUT2D eigenvalue weighted by Gasteiger charge is 2.06. The first-order chi connectivity index (χ1) is 8.56. The van der Waals surface area contributed by atoms with Crippen LogP contribution in [-0.2, 0) is 6.54 Å². The van der Waals surface area contributed by atoms with Gasteiger partial charge in [-0.15, -0.1) is 11.3 Å². The van der Waals surface area contributed by atoms with Crippen LogP contribution in [0, 0.1) is 0 Å². The number of halogens is 2. The standard InChI is InChI=1S/C12H13BrClN3S/c1-17(2)11-4-3-8(13)5-10(11)15-6-9-7-16-12(14)18-9/h3-5,7,15H,6H2,1-2H3. The summed E-state index contributed by atoms with van der Waals surface area (Å²) in [6, 6.07) is 6.17. The minimum absolute atomic E-state index is 0.578. The largest absolute Gasteiger partial charge is 0.378 e. The monoisotopic (exact) mass is 345 g/mol. The second-order valence-corrected chi connectivity index (χ2v) is 6.60. The Hall–Kier alpha value is -0.780. The number of aromatic nitrogens is 1. The SMILES string of the molecule is CN(C)c1ccc(Br)cc1NCc1cnc(Cl)s1. The Balaban J connectivity index is 2.15. The predicted octanol–water partition coefficient (Wildman–Crippen LogP) is 4.24. The highest BCUT2D eigenvalue weighted by atomic mass is 79.9. The lowest BCUT2D eigenvalue weighted by molar-refractivity contribution is 1.11. The molecule has 0 radical (unpaired) electrons. The molecule has 2 aromatic rings. The average Bonchev–Trinajstić information content (AvgIpc) is 2.72. The molecule has 0 saturated heterocycles. The summed E-state index contributed by atoms with van der Waals surface area (Å²) in [6.45, 7) is 0.724. The molecule has 2 rings (SSSR count). The van der Waals surface area contributed by atoms with Crippen LogP contribution in [0.25, 0.3) is 0 Å². The van der Waals surface area contributed by atoms with E-state index in [1.165, 1.54) is 11.3 Å². The van der Waals surface area contributed by atoms with Gasteiger partial charge in [-0.2, -0.15) is 0 Å². The summed E-state index contributed by atoms with van der Waals surface area (Å²) < 4.78 is 1.63. The van der Waals surface area contributed by atoms with E-state index in [9.17, 15) is 0 Å². The van der Waals surface area contributed by atoms with Crippen molar-refractivity contribution in [3.8, 4) is 0 Å². The zero-order valence-electron chi connectivity index (χ0n) is 10.1. The maximum atomic E-state index is 5.81. The van der Waals surface area contributed by atoms with Crippen LogP contribution in [0.1, 0.15) is 4.88 Å². The van der Waals surface area contributed by atoms with E-state index in [4.69, 9.17) is 11.6 Å². The van der Waals surface area contributed by atoms with Crippen molar-refractivity contribution in [1.29, 1.82) is 0 Å². The molecule has 1 aromatic heterocycles. The zero-order valence-corrected chi connectivity index (χ0v) is 13.2. The third kappa shape index (κ3) is 3.37. The molecule has 3 nitrogen and oxygen atoms in total. The molecule has 0 amide bonds. The smallest absolute Gasteiger partial charge is 0.183 e. The van der Waals surface area contributed by atoms with Gasteiger partial charge in [0, 0.05) is 29.6 Å². The number of thiazole rings is 1. The summed E-state index contributed by atoms with van der Waals surface area (Å²) in [4.78, 5) is 7.22. The van der Waals surface area contributed by atoms with E-state index in [0.717, 1.165) is 27.3 Å². The van der Waals surface area contributed by atoms with Gasteiger partial charge in [0.1, 0.15) is 0 Å². The highest BCUT2D eigenvalue weighted by molar-refractivity contribution is 9.10. The van der Waals surface area contributed by atoms with Crippen LogP contribution in [0.2, 0.25) is 4.47 Å². The summed E-state index contributed by atoms with van der Waals surface area (Å²) in [6.07, 6.45) is 1.80. The Bertz CT molecular complexity index is 542. The van der Waals surface area contributed by atoms with E-state index >= 15 is 0 Å². The molecule has 0 saturated carbocycles. The maximum absolute atomic E-state index is 5.81. The lowest BCUT2D eigenvalue weighted by Crippen LogP contribution is -2.12. The van der Waals surface area contributed by atoms with Crippen LogP contribution in [-0.4, -0.2) is 19.1 Å². The first-order valence-electron chi connectivity index (χ1n) is 5.37. The lowest BCUT2D eigenvalue weighted by Gasteiger charge is -2.18. The van der Waals surface area contributed by atoms with Crippen LogP contribution in [0.5, 0.6) is 0 Å². The van der Waals surface area contributed by atoms with Gasteiger partial charge in [0.05, 0.1) is 17.9 Å². The summed E-state index contributed by atoms with van der Waals surface area (Å²) in [5.74, 6) is 0. The zero-order chi connectivity index (χ0) is 13.1. The van der Waals surface area contributed by atoms with Gasteiger partial charge < -0.3 is 10.2 Å². The maximum Gasteiger partial charge on any atom is 0.183 e. The van der Waals surface area contributed by atoms with Crippen LogP contribution in [0.15, 0.2) is 28.9 Å². The number of rotatable bonds is 4. The van der Waals surface area contributed by atoms with Crippen molar-refractivity contribution in [3.63, 3.8) is 0 Å². The number of hydrogen-bond acceptors (Lipinski definition) is 4. The molecule has 0 fully saturated rings. The van der Waals surface area contributed by atoms with Crippen LogP contribution < -0.4 is 10.2 Å². The van der Waals surface area contributed by atoms with Crippen LogP contribution in [0.4, 0.5) is 11.4 Å². The minimum atomic E-state index is 0.578. The van der Waals surface area contributed by atoms with Gasteiger partial charge in [0.15, 0.2) is 4.47 Å². The van der Waals surface area contributed by atoms with E-state index in [-0.39, 0.29) is 0 Å². The summed E-state index contributed by atoms with van der Waals surface area (Å²) in [7, 11) is 4.05. The number of nitrogens with one attached hydrogen (secondary N) is 1. The van der Waals surface area contributed by atoms with E-state index in [1.54, 1.807) is 6.20 Å². The molecule has 1 heterocycles. The van der Waals surface area contributed by atoms with E-state index in [1.807, 2.05) is 20.2 Å². The quantitative estimate of drug-likeness (QED) is 0.897. The molecule has 0 unspecified atom stereocenters. The van der Waals surface area contributed by atoms with Gasteiger partial charge >= 0.3 is 0 Å². The van der Waals surface area contributed by atoms with E-state index in [2.05, 4.69) is 43.3 Å². The van der Waals surface area contributed by atoms with Gasteiger partial charge in [0.25, 0.3) is 0 Å². The Morgan fingerprint density at radius 3 is 2.83 bits per heavy atom. The molecular weight excluding hydrogens is 334 g/mol. The molecule has 18 heavy (non-hydrogen) atoms. The van der Waals surface area contributed by atoms with Gasteiger partial charge in [-0.05, 0) is 18.2 Å². The normalized spacial score (nSPS) is 10.4. The number of nitrogens with zero attached hydrogens (tertiary/aromatic N) is 2. The number of anilines is 2. The molecule has 0 aliphatic carbocycles. The molecule has 0 aliphatic heterocycles. The second-order valence-electron chi connectivity index (χ2n) is 3.99. The van der Waals surface area contributed by atoms with Gasteiger partial charge in [-0.25, -0.2) is 4.98 Å². The summed E-state index contributed by atoms with van der Waals surface area (Å²) in [5.41, 5.74) is 2.23. The Morgan fingerprint density at radius 2 is 2.22 bits per heavy atom. The molecule has 0 bridgehead atoms. The van der Waals surface area contributed by atoms with Crippen molar-refractivity contribution < 1.29 is 0 Å². The topological polar surface area (TPSA) is 28.2 Å². The van der Waals surface area contributed by atoms with E-state index < -0.39 is 0 Å². The molecular formula is C12H13BrClN3S. The third-order valence-corrected chi connectivity index (χ3v) is 4.03. The Labute approximate surface area is 124 Å². The predicted molar refractivity (Wildman–Crippen MR) is 82.9 cm³/mol. The Morgan fingerprint density at radius 1 is 1.44 bits per heavy atom. The average molecular weight is 347 g/mol. The molecule has 1 aromatic carbocycles. The third-order valence-electron chi connectivity index (χ3n) is 2.42. The molecule has 0 aliphatic rings. The summed E-state index contributed by atoms with van der Waals surface area (Å²) >= 11 is 10.8. The van der Waals surface area contributed by atoms with Crippen molar-refractivity contribution in [3.05, 3.63) is 38.2 Å². The Kier molecular flexibility index (Phi) is 4.48. The van der Waals surface area contributed by atoms with Crippen LogP contribution in [0.3, 0.4) is 0 Å². The van der Waals surface area contributed by atoms with Crippen molar-refractivity contribution in [2.75, 3.05) is 24.3 Å². The fraction of sp³-hybridized carbons (Fsp3) is 0.250. The molecule has 1 N–H and O–H groups in total. The van der Waals surface area contributed by atoms with Crippen molar-refractivity contribution >= 4 is 50.2 Å². The fourth-order valence-electron chi connectivity index (χ4n) is 1.59. The van der Waals surface area contributed by atoms with Crippen molar-refractivity contribution in [2.24, 2.45) is 0 Å². The van der Waals surface area contributed by atoms with Gasteiger partial charge in [-0.1, -0.05) is 27.5 Å². The van der Waals surface area contributed by atoms with Crippen molar-refractivity contribution in [2.45, 2.75) is 6.54 Å². The molecule has 96 valence electrons. The molecule has 0 spiro atoms. The molecule has 0 atom stereocenters. The first kappa shape index (κ1) is 13.6. The minimum Gasteiger partial charge on any atom is -0.378 e. The van der Waals surface area contributed by atoms with Gasteiger partial charge in [-0.3, -0.25) is 0 Å². The van der Waals surface area contributed by atoms with Crippen molar-refractivity contribution in [1.82, 2.24) is 4.98 Å². The molecule has 6 heteroatoms. The number of benzene rings is 1. The fourth-order valence-corrected chi connectivity index (χ4v) is 2.87.